The van der Waals surface area contributed by atoms with Crippen molar-refractivity contribution in [2.45, 2.75) is 105 Å². The highest BCUT2D eigenvalue weighted by Gasteiger charge is 2.66. The van der Waals surface area contributed by atoms with E-state index in [4.69, 9.17) is 11.6 Å². The van der Waals surface area contributed by atoms with E-state index in [1.807, 2.05) is 39.0 Å². The number of nitrogens with zero attached hydrogens (tertiary/aromatic N) is 1. The van der Waals surface area contributed by atoms with Crippen LogP contribution >= 0.6 is 11.6 Å². The summed E-state index contributed by atoms with van der Waals surface area (Å²) in [4.78, 5) is 29.3. The average Bonchev–Trinajstić information content (AvgIpc) is 3.13. The maximum Gasteiger partial charge on any atom is 0.240 e. The lowest BCUT2D eigenvalue weighted by molar-refractivity contribution is -0.139. The number of hydrogen-bond donors (Lipinski definition) is 2. The third kappa shape index (κ3) is 4.76. The van der Waals surface area contributed by atoms with E-state index in [2.05, 4.69) is 32.2 Å². The minimum atomic E-state index is -0.388. The van der Waals surface area contributed by atoms with E-state index in [0.29, 0.717) is 22.5 Å². The van der Waals surface area contributed by atoms with Gasteiger partial charge in [0.1, 0.15) is 6.54 Å². The van der Waals surface area contributed by atoms with Gasteiger partial charge in [0.05, 0.1) is 16.8 Å². The molecule has 0 bridgehead atoms. The second-order valence-electron chi connectivity index (χ2n) is 14.6. The van der Waals surface area contributed by atoms with Gasteiger partial charge in [0.25, 0.3) is 0 Å². The van der Waals surface area contributed by atoms with Crippen LogP contribution in [0.5, 0.6) is 0 Å². The molecule has 0 aliphatic heterocycles. The van der Waals surface area contributed by atoms with Crippen LogP contribution in [0.3, 0.4) is 0 Å². The monoisotopic (exact) mass is 554 g/mol. The van der Waals surface area contributed by atoms with E-state index in [1.165, 1.54) is 5.57 Å². The summed E-state index contributed by atoms with van der Waals surface area (Å²) in [7, 11) is 0. The van der Waals surface area contributed by atoms with Gasteiger partial charge in [-0.25, -0.2) is 0 Å². The molecule has 4 aliphatic carbocycles. The number of nitrogens with one attached hydrogen (secondary N) is 1. The van der Waals surface area contributed by atoms with Gasteiger partial charge in [0.2, 0.25) is 11.8 Å². The first-order valence-corrected chi connectivity index (χ1v) is 15.3. The van der Waals surface area contributed by atoms with Gasteiger partial charge in [0, 0.05) is 11.5 Å². The van der Waals surface area contributed by atoms with Crippen molar-refractivity contribution in [3.05, 3.63) is 40.9 Å². The number of rotatable bonds is 4. The summed E-state index contributed by atoms with van der Waals surface area (Å²) in [5.41, 5.74) is 1.73. The van der Waals surface area contributed by atoms with E-state index in [-0.39, 0.29) is 52.2 Å². The summed E-state index contributed by atoms with van der Waals surface area (Å²) in [5.74, 6) is 0.803. The first-order chi connectivity index (χ1) is 18.2. The molecule has 6 heteroatoms. The van der Waals surface area contributed by atoms with Crippen LogP contribution in [0.2, 0.25) is 5.02 Å². The molecule has 214 valence electrons. The molecule has 39 heavy (non-hydrogen) atoms. The first-order valence-electron chi connectivity index (χ1n) is 14.9. The fourth-order valence-corrected chi connectivity index (χ4v) is 9.40. The number of anilines is 1. The van der Waals surface area contributed by atoms with E-state index in [9.17, 15) is 14.7 Å². The Hall–Kier alpha value is -1.85. The zero-order valence-electron chi connectivity index (χ0n) is 24.6. The van der Waals surface area contributed by atoms with Gasteiger partial charge >= 0.3 is 0 Å². The molecular formula is C33H47ClN2O3. The zero-order valence-corrected chi connectivity index (χ0v) is 25.4. The second-order valence-corrected chi connectivity index (χ2v) is 15.0. The smallest absolute Gasteiger partial charge is 0.240 e. The van der Waals surface area contributed by atoms with Gasteiger partial charge in [-0.1, -0.05) is 56.2 Å². The number of hydrogen-bond acceptors (Lipinski definition) is 3. The van der Waals surface area contributed by atoms with Crippen molar-refractivity contribution in [1.82, 2.24) is 5.32 Å². The highest BCUT2D eigenvalue weighted by Crippen LogP contribution is 2.72. The lowest BCUT2D eigenvalue weighted by atomic mass is 9.42. The maximum absolute atomic E-state index is 14.5. The fraction of sp³-hybridized carbons (Fsp3) is 0.697. The molecule has 2 unspecified atom stereocenters. The molecule has 0 radical (unpaired) electrons. The molecule has 1 aromatic carbocycles. The largest absolute Gasteiger partial charge is 0.393 e. The number of fused-ring (bicyclic) bond motifs is 5. The van der Waals surface area contributed by atoms with Gasteiger partial charge in [0.15, 0.2) is 0 Å². The van der Waals surface area contributed by atoms with Crippen molar-refractivity contribution in [2.75, 3.05) is 11.4 Å². The quantitative estimate of drug-likeness (QED) is 0.397. The lowest BCUT2D eigenvalue weighted by Crippen LogP contribution is -2.57. The number of carbonyl (C=O) groups is 2. The average molecular weight is 555 g/mol. The molecule has 0 aromatic heterocycles. The number of aliphatic hydroxyl groups excluding tert-OH is 1. The Labute approximate surface area is 239 Å². The Bertz CT molecular complexity index is 1170. The molecule has 2 N–H and O–H groups in total. The van der Waals surface area contributed by atoms with Crippen molar-refractivity contribution in [2.24, 2.45) is 34.0 Å². The number of allylic oxidation sites excluding steroid dienone is 1. The molecular weight excluding hydrogens is 508 g/mol. The number of para-hydroxylation sites is 1. The van der Waals surface area contributed by atoms with Crippen LogP contribution in [-0.4, -0.2) is 35.1 Å². The molecule has 0 spiro atoms. The Morgan fingerprint density at radius 2 is 1.72 bits per heavy atom. The highest BCUT2D eigenvalue weighted by atomic mass is 35.5. The standard InChI is InChI=1S/C33H47ClN2O3/c1-30(2,3)35-28(38)20-36(27-10-8-7-9-26(27)34)29(39)25-15-18-32(5)24-12-11-21-19-22(37)13-16-31(21,4)23(24)14-17-33(25,32)6/h7-11,22-25,37H,12-20H2,1-6H3,(H,35,38)/t22-,23?,24?,25+,31-,32-,33+/m0/s1. The van der Waals surface area contributed by atoms with Crippen LogP contribution in [0.15, 0.2) is 35.9 Å². The van der Waals surface area contributed by atoms with Crippen LogP contribution in [0.4, 0.5) is 5.69 Å². The van der Waals surface area contributed by atoms with Crippen LogP contribution in [0.1, 0.15) is 92.9 Å². The van der Waals surface area contributed by atoms with E-state index in [1.54, 1.807) is 11.0 Å². The highest BCUT2D eigenvalue weighted by molar-refractivity contribution is 6.34. The Balaban J connectivity index is 1.46. The third-order valence-corrected chi connectivity index (χ3v) is 11.8. The summed E-state index contributed by atoms with van der Waals surface area (Å²) in [6.45, 7) is 13.1. The minimum Gasteiger partial charge on any atom is -0.393 e. The fourth-order valence-electron chi connectivity index (χ4n) is 9.17. The first kappa shape index (κ1) is 28.7. The van der Waals surface area contributed by atoms with E-state index >= 15 is 0 Å². The lowest BCUT2D eigenvalue weighted by Gasteiger charge is -2.62. The Morgan fingerprint density at radius 1 is 1.03 bits per heavy atom. The predicted molar refractivity (Wildman–Crippen MR) is 158 cm³/mol. The minimum absolute atomic E-state index is 0.0240. The second kappa shape index (κ2) is 9.91. The van der Waals surface area contributed by atoms with Gasteiger partial charge in [-0.2, -0.15) is 0 Å². The number of aliphatic hydroxyl groups is 1. The Kier molecular flexibility index (Phi) is 7.28. The van der Waals surface area contributed by atoms with E-state index < -0.39 is 0 Å². The summed E-state index contributed by atoms with van der Waals surface area (Å²) >= 11 is 6.62. The maximum atomic E-state index is 14.5. The normalized spacial score (nSPS) is 37.7. The van der Waals surface area contributed by atoms with Gasteiger partial charge < -0.3 is 15.3 Å². The van der Waals surface area contributed by atoms with Crippen LogP contribution in [0, 0.1) is 34.0 Å². The van der Waals surface area contributed by atoms with Crippen LogP contribution in [0.25, 0.3) is 0 Å². The molecule has 3 saturated carbocycles. The number of carbonyl (C=O) groups excluding carboxylic acids is 2. The topological polar surface area (TPSA) is 69.6 Å². The molecule has 5 nitrogen and oxygen atoms in total. The molecule has 4 aliphatic rings. The predicted octanol–water partition coefficient (Wildman–Crippen LogP) is 6.92. The van der Waals surface area contributed by atoms with E-state index in [0.717, 1.165) is 51.4 Å². The SMILES string of the molecule is CC(C)(C)NC(=O)CN(C(=O)[C@H]1CC[C@@]2(C)C3CC=C4C[C@@H](O)CC[C@]4(C)C3CC[C@]12C)c1ccccc1Cl. The van der Waals surface area contributed by atoms with Crippen molar-refractivity contribution >= 4 is 29.1 Å². The number of halogens is 1. The molecule has 5 rings (SSSR count). The molecule has 2 amide bonds. The summed E-state index contributed by atoms with van der Waals surface area (Å²) in [6.07, 6.45) is 10.0. The molecule has 7 atom stereocenters. The number of amides is 2. The van der Waals surface area contributed by atoms with Gasteiger partial charge in [-0.05, 0) is 112 Å². The molecule has 0 heterocycles. The number of benzene rings is 1. The van der Waals surface area contributed by atoms with Crippen molar-refractivity contribution < 1.29 is 14.7 Å². The zero-order chi connectivity index (χ0) is 28.4. The summed E-state index contributed by atoms with van der Waals surface area (Å²) in [6, 6.07) is 7.37. The van der Waals surface area contributed by atoms with Gasteiger partial charge in [-0.15, -0.1) is 0 Å². The van der Waals surface area contributed by atoms with Crippen molar-refractivity contribution in [1.29, 1.82) is 0 Å². The summed E-state index contributed by atoms with van der Waals surface area (Å²) in [5, 5.41) is 13.9. The van der Waals surface area contributed by atoms with Gasteiger partial charge in [-0.3, -0.25) is 9.59 Å². The van der Waals surface area contributed by atoms with Crippen molar-refractivity contribution in [3.8, 4) is 0 Å². The Morgan fingerprint density at radius 3 is 2.41 bits per heavy atom. The molecule has 1 aromatic rings. The molecule has 0 saturated heterocycles. The summed E-state index contributed by atoms with van der Waals surface area (Å²) < 4.78 is 0. The van der Waals surface area contributed by atoms with Crippen molar-refractivity contribution in [3.63, 3.8) is 0 Å². The molecule has 3 fully saturated rings. The third-order valence-electron chi connectivity index (χ3n) is 11.5. The van der Waals surface area contributed by atoms with Crippen LogP contribution in [-0.2, 0) is 9.59 Å². The van der Waals surface area contributed by atoms with Crippen LogP contribution < -0.4 is 10.2 Å².